The predicted molar refractivity (Wildman–Crippen MR) is 115 cm³/mol. The number of fused-ring (bicyclic) bond motifs is 1. The van der Waals surface area contributed by atoms with Crippen LogP contribution < -0.4 is 11.0 Å². The second kappa shape index (κ2) is 8.66. The molecule has 0 radical (unpaired) electrons. The molecular formula is C23H27N3O3. The molecule has 2 N–H and O–H groups in total. The van der Waals surface area contributed by atoms with Gasteiger partial charge >= 0.3 is 5.69 Å². The molecule has 2 aromatic carbocycles. The molecule has 0 aliphatic heterocycles. The number of H-pyrrole nitrogens is 1. The molecule has 1 fully saturated rings. The summed E-state index contributed by atoms with van der Waals surface area (Å²) in [5, 5.41) is 2.95. The van der Waals surface area contributed by atoms with E-state index >= 15 is 0 Å². The van der Waals surface area contributed by atoms with E-state index in [0.717, 1.165) is 11.2 Å². The van der Waals surface area contributed by atoms with Crippen molar-refractivity contribution in [1.82, 2.24) is 9.55 Å². The molecule has 1 aliphatic rings. The molecule has 3 aromatic rings. The van der Waals surface area contributed by atoms with Gasteiger partial charge in [0.2, 0.25) is 0 Å². The number of hydrogen-bond acceptors (Lipinski definition) is 3. The standard InChI is InChI=1S/C23H27N3O3/c1-29-14-13-26-21-12-9-18(15-20(21)25-23(26)28)22(27)24-19-10-7-17(8-11-19)16-5-3-2-4-6-16/h7-12,15-16H,2-6,13-14H2,1H3,(H,24,27)(H,25,28). The second-order valence-corrected chi connectivity index (χ2v) is 7.72. The van der Waals surface area contributed by atoms with Crippen LogP contribution in [0, 0.1) is 0 Å². The highest BCUT2D eigenvalue weighted by Gasteiger charge is 2.16. The van der Waals surface area contributed by atoms with Gasteiger partial charge in [0.05, 0.1) is 24.2 Å². The van der Waals surface area contributed by atoms with Crippen LogP contribution in [0.5, 0.6) is 0 Å². The summed E-state index contributed by atoms with van der Waals surface area (Å²) in [6, 6.07) is 13.5. The van der Waals surface area contributed by atoms with Crippen LogP contribution in [0.2, 0.25) is 0 Å². The number of nitrogens with zero attached hydrogens (tertiary/aromatic N) is 1. The maximum atomic E-state index is 12.7. The van der Waals surface area contributed by atoms with E-state index in [1.54, 1.807) is 29.9 Å². The molecule has 0 atom stereocenters. The number of carbonyl (C=O) groups is 1. The normalized spacial score (nSPS) is 14.9. The van der Waals surface area contributed by atoms with Crippen molar-refractivity contribution in [3.8, 4) is 0 Å². The third-order valence-electron chi connectivity index (χ3n) is 5.80. The first kappa shape index (κ1) is 19.5. The molecule has 4 rings (SSSR count). The topological polar surface area (TPSA) is 76.1 Å². The summed E-state index contributed by atoms with van der Waals surface area (Å²) in [7, 11) is 1.60. The Hall–Kier alpha value is -2.86. The molecule has 1 aliphatic carbocycles. The highest BCUT2D eigenvalue weighted by atomic mass is 16.5. The molecule has 0 unspecified atom stereocenters. The molecule has 6 nitrogen and oxygen atoms in total. The zero-order chi connectivity index (χ0) is 20.2. The number of aromatic nitrogens is 2. The maximum absolute atomic E-state index is 12.7. The van der Waals surface area contributed by atoms with Gasteiger partial charge in [-0.1, -0.05) is 31.4 Å². The van der Waals surface area contributed by atoms with Crippen LogP contribution in [0.25, 0.3) is 11.0 Å². The Labute approximate surface area is 169 Å². The van der Waals surface area contributed by atoms with E-state index in [1.165, 1.54) is 37.7 Å². The monoisotopic (exact) mass is 393 g/mol. The summed E-state index contributed by atoms with van der Waals surface area (Å²) in [5.74, 6) is 0.456. The van der Waals surface area contributed by atoms with Crippen LogP contribution in [0.15, 0.2) is 47.3 Å². The minimum absolute atomic E-state index is 0.192. The van der Waals surface area contributed by atoms with Gasteiger partial charge in [-0.2, -0.15) is 0 Å². The van der Waals surface area contributed by atoms with Crippen molar-refractivity contribution in [2.75, 3.05) is 19.0 Å². The number of amides is 1. The molecule has 1 aromatic heterocycles. The van der Waals surface area contributed by atoms with Gasteiger partial charge in [0.1, 0.15) is 0 Å². The minimum atomic E-state index is -0.201. The highest BCUT2D eigenvalue weighted by molar-refractivity contribution is 6.05. The number of methoxy groups -OCH3 is 1. The smallest absolute Gasteiger partial charge is 0.326 e. The number of anilines is 1. The van der Waals surface area contributed by atoms with Crippen LogP contribution in [0.1, 0.15) is 53.9 Å². The fourth-order valence-corrected chi connectivity index (χ4v) is 4.19. The highest BCUT2D eigenvalue weighted by Crippen LogP contribution is 2.33. The Balaban J connectivity index is 1.48. The second-order valence-electron chi connectivity index (χ2n) is 7.72. The largest absolute Gasteiger partial charge is 0.383 e. The lowest BCUT2D eigenvalue weighted by Crippen LogP contribution is -2.19. The zero-order valence-electron chi connectivity index (χ0n) is 16.7. The van der Waals surface area contributed by atoms with Crippen molar-refractivity contribution in [2.24, 2.45) is 0 Å². The number of carbonyl (C=O) groups excluding carboxylic acids is 1. The Morgan fingerprint density at radius 2 is 1.90 bits per heavy atom. The fourth-order valence-electron chi connectivity index (χ4n) is 4.19. The summed E-state index contributed by atoms with van der Waals surface area (Å²) in [6.45, 7) is 0.917. The number of benzene rings is 2. The van der Waals surface area contributed by atoms with E-state index in [9.17, 15) is 9.59 Å². The lowest BCUT2D eigenvalue weighted by molar-refractivity contribution is 0.102. The number of rotatable bonds is 6. The Morgan fingerprint density at radius 1 is 1.14 bits per heavy atom. The van der Waals surface area contributed by atoms with Gasteiger partial charge in [-0.05, 0) is 54.7 Å². The van der Waals surface area contributed by atoms with Gasteiger partial charge in [0, 0.05) is 18.4 Å². The molecule has 0 bridgehead atoms. The Morgan fingerprint density at radius 3 is 2.62 bits per heavy atom. The fraction of sp³-hybridized carbons (Fsp3) is 0.391. The van der Waals surface area contributed by atoms with Crippen LogP contribution >= 0.6 is 0 Å². The van der Waals surface area contributed by atoms with Gasteiger partial charge in [-0.3, -0.25) is 9.36 Å². The molecule has 152 valence electrons. The van der Waals surface area contributed by atoms with Crippen molar-refractivity contribution in [2.45, 2.75) is 44.6 Å². The van der Waals surface area contributed by atoms with Gasteiger partial charge in [-0.15, -0.1) is 0 Å². The quantitative estimate of drug-likeness (QED) is 0.656. The minimum Gasteiger partial charge on any atom is -0.383 e. The van der Waals surface area contributed by atoms with Crippen molar-refractivity contribution < 1.29 is 9.53 Å². The average molecular weight is 393 g/mol. The summed E-state index contributed by atoms with van der Waals surface area (Å²) in [6.07, 6.45) is 6.47. The van der Waals surface area contributed by atoms with E-state index in [-0.39, 0.29) is 11.6 Å². The number of hydrogen-bond donors (Lipinski definition) is 2. The number of imidazole rings is 1. The van der Waals surface area contributed by atoms with Gasteiger partial charge in [0.15, 0.2) is 0 Å². The molecule has 0 saturated heterocycles. The third-order valence-corrected chi connectivity index (χ3v) is 5.80. The zero-order valence-corrected chi connectivity index (χ0v) is 16.7. The summed E-state index contributed by atoms with van der Waals surface area (Å²) in [5.41, 5.74) is 3.86. The SMILES string of the molecule is COCCn1c(=O)[nH]c2cc(C(=O)Nc3ccc(C4CCCCC4)cc3)ccc21. The molecule has 29 heavy (non-hydrogen) atoms. The molecular weight excluding hydrogens is 366 g/mol. The molecule has 1 saturated carbocycles. The van der Waals surface area contributed by atoms with E-state index in [2.05, 4.69) is 22.4 Å². The summed E-state index contributed by atoms with van der Waals surface area (Å²) < 4.78 is 6.67. The summed E-state index contributed by atoms with van der Waals surface area (Å²) in [4.78, 5) is 27.6. The van der Waals surface area contributed by atoms with Gasteiger partial charge < -0.3 is 15.0 Å². The van der Waals surface area contributed by atoms with Crippen LogP contribution in [0.3, 0.4) is 0 Å². The van der Waals surface area contributed by atoms with E-state index in [0.29, 0.717) is 30.1 Å². The van der Waals surface area contributed by atoms with Crippen molar-refractivity contribution in [3.05, 3.63) is 64.1 Å². The van der Waals surface area contributed by atoms with E-state index in [1.807, 2.05) is 12.1 Å². The number of ether oxygens (including phenoxy) is 1. The molecule has 0 spiro atoms. The molecule has 1 amide bonds. The van der Waals surface area contributed by atoms with Crippen molar-refractivity contribution >= 4 is 22.6 Å². The lowest BCUT2D eigenvalue weighted by atomic mass is 9.84. The van der Waals surface area contributed by atoms with Crippen LogP contribution in [0.4, 0.5) is 5.69 Å². The van der Waals surface area contributed by atoms with Crippen molar-refractivity contribution in [3.63, 3.8) is 0 Å². The lowest BCUT2D eigenvalue weighted by Gasteiger charge is -2.22. The molecule has 1 heterocycles. The van der Waals surface area contributed by atoms with Crippen LogP contribution in [-0.4, -0.2) is 29.2 Å². The number of nitrogens with one attached hydrogen (secondary N) is 2. The molecule has 6 heteroatoms. The maximum Gasteiger partial charge on any atom is 0.326 e. The third kappa shape index (κ3) is 4.27. The van der Waals surface area contributed by atoms with Gasteiger partial charge in [-0.25, -0.2) is 4.79 Å². The van der Waals surface area contributed by atoms with Crippen LogP contribution in [-0.2, 0) is 11.3 Å². The van der Waals surface area contributed by atoms with E-state index in [4.69, 9.17) is 4.74 Å². The van der Waals surface area contributed by atoms with E-state index < -0.39 is 0 Å². The first-order valence-corrected chi connectivity index (χ1v) is 10.3. The number of aromatic amines is 1. The Kier molecular flexibility index (Phi) is 5.81. The average Bonchev–Trinajstić information content (AvgIpc) is 3.07. The van der Waals surface area contributed by atoms with Gasteiger partial charge in [0.25, 0.3) is 5.91 Å². The first-order valence-electron chi connectivity index (χ1n) is 10.3. The summed E-state index contributed by atoms with van der Waals surface area (Å²) >= 11 is 0. The Bertz CT molecular complexity index is 1040. The first-order chi connectivity index (χ1) is 14.2. The predicted octanol–water partition coefficient (Wildman–Crippen LogP) is 4.28. The van der Waals surface area contributed by atoms with Crippen molar-refractivity contribution in [1.29, 1.82) is 0 Å².